The molecule has 0 saturated heterocycles. The maximum Gasteiger partial charge on any atom is 0.404 e. The van der Waals surface area contributed by atoms with E-state index in [4.69, 9.17) is 10.5 Å². The Kier molecular flexibility index (Phi) is 4.79. The van der Waals surface area contributed by atoms with Crippen molar-refractivity contribution in [2.24, 2.45) is 17.1 Å². The number of esters is 1. The Balaban J connectivity index is 4.59. The SMILES string of the molecule is CC(C)COC(=O)C(C)(C)[C@H](N)C(F)(F)F. The van der Waals surface area contributed by atoms with Gasteiger partial charge in [-0.1, -0.05) is 13.8 Å². The topological polar surface area (TPSA) is 52.3 Å². The largest absolute Gasteiger partial charge is 0.465 e. The van der Waals surface area contributed by atoms with E-state index in [0.29, 0.717) is 0 Å². The zero-order valence-corrected chi connectivity index (χ0v) is 9.89. The van der Waals surface area contributed by atoms with Gasteiger partial charge in [0, 0.05) is 0 Å². The molecule has 0 radical (unpaired) electrons. The van der Waals surface area contributed by atoms with Crippen molar-refractivity contribution >= 4 is 5.97 Å². The van der Waals surface area contributed by atoms with E-state index in [1.807, 2.05) is 0 Å². The maximum atomic E-state index is 12.4. The molecule has 0 aliphatic heterocycles. The fraction of sp³-hybridized carbons (Fsp3) is 0.900. The van der Waals surface area contributed by atoms with Crippen LogP contribution in [0, 0.1) is 11.3 Å². The number of hydrogen-bond donors (Lipinski definition) is 1. The molecular weight excluding hydrogens is 223 g/mol. The normalized spacial score (nSPS) is 15.1. The Labute approximate surface area is 93.1 Å². The highest BCUT2D eigenvalue weighted by Crippen LogP contribution is 2.33. The van der Waals surface area contributed by atoms with E-state index in [9.17, 15) is 18.0 Å². The molecule has 3 nitrogen and oxygen atoms in total. The van der Waals surface area contributed by atoms with Crippen molar-refractivity contribution in [2.45, 2.75) is 39.9 Å². The third-order valence-corrected chi connectivity index (χ3v) is 2.20. The summed E-state index contributed by atoms with van der Waals surface area (Å²) in [5.74, 6) is -0.854. The molecule has 0 amide bonds. The predicted molar refractivity (Wildman–Crippen MR) is 53.6 cm³/mol. The van der Waals surface area contributed by atoms with Crippen LogP contribution in [0.4, 0.5) is 13.2 Å². The first kappa shape index (κ1) is 15.2. The van der Waals surface area contributed by atoms with Crippen LogP contribution in [0.2, 0.25) is 0 Å². The molecule has 96 valence electrons. The Morgan fingerprint density at radius 3 is 2.06 bits per heavy atom. The molecule has 0 bridgehead atoms. The number of carbonyl (C=O) groups excluding carboxylic acids is 1. The number of ether oxygens (including phenoxy) is 1. The fourth-order valence-electron chi connectivity index (χ4n) is 0.964. The van der Waals surface area contributed by atoms with E-state index in [-0.39, 0.29) is 12.5 Å². The Bertz CT molecular complexity index is 249. The number of hydrogen-bond acceptors (Lipinski definition) is 3. The summed E-state index contributed by atoms with van der Waals surface area (Å²) < 4.78 is 41.9. The lowest BCUT2D eigenvalue weighted by molar-refractivity contribution is -0.188. The summed E-state index contributed by atoms with van der Waals surface area (Å²) >= 11 is 0. The van der Waals surface area contributed by atoms with Gasteiger partial charge >= 0.3 is 12.1 Å². The third-order valence-electron chi connectivity index (χ3n) is 2.20. The quantitative estimate of drug-likeness (QED) is 0.767. The number of alkyl halides is 3. The number of carbonyl (C=O) groups is 1. The first-order valence-corrected chi connectivity index (χ1v) is 4.99. The highest BCUT2D eigenvalue weighted by molar-refractivity contribution is 5.77. The molecule has 0 aliphatic rings. The van der Waals surface area contributed by atoms with E-state index in [0.717, 1.165) is 13.8 Å². The van der Waals surface area contributed by atoms with Crippen LogP contribution in [0.3, 0.4) is 0 Å². The van der Waals surface area contributed by atoms with Crippen molar-refractivity contribution in [3.8, 4) is 0 Å². The van der Waals surface area contributed by atoms with Gasteiger partial charge in [0.2, 0.25) is 0 Å². The highest BCUT2D eigenvalue weighted by atomic mass is 19.4. The van der Waals surface area contributed by atoms with Gasteiger partial charge in [-0.3, -0.25) is 4.79 Å². The molecule has 1 atom stereocenters. The molecular formula is C10H18F3NO2. The second kappa shape index (κ2) is 5.03. The van der Waals surface area contributed by atoms with Crippen molar-refractivity contribution in [3.05, 3.63) is 0 Å². The van der Waals surface area contributed by atoms with Crippen LogP contribution in [0.25, 0.3) is 0 Å². The molecule has 2 N–H and O–H groups in total. The summed E-state index contributed by atoms with van der Waals surface area (Å²) in [6.45, 7) is 5.95. The van der Waals surface area contributed by atoms with E-state index >= 15 is 0 Å². The van der Waals surface area contributed by atoms with Crippen LogP contribution in [-0.4, -0.2) is 24.8 Å². The van der Waals surface area contributed by atoms with Crippen LogP contribution in [0.1, 0.15) is 27.7 Å². The zero-order valence-electron chi connectivity index (χ0n) is 9.89. The Morgan fingerprint density at radius 2 is 1.75 bits per heavy atom. The van der Waals surface area contributed by atoms with Crippen LogP contribution < -0.4 is 5.73 Å². The maximum absolute atomic E-state index is 12.4. The van der Waals surface area contributed by atoms with Gasteiger partial charge in [-0.05, 0) is 19.8 Å². The Hall–Kier alpha value is -0.780. The molecule has 0 rings (SSSR count). The van der Waals surface area contributed by atoms with Gasteiger partial charge in [0.1, 0.15) is 6.04 Å². The van der Waals surface area contributed by atoms with Crippen LogP contribution in [0.5, 0.6) is 0 Å². The van der Waals surface area contributed by atoms with Gasteiger partial charge in [-0.2, -0.15) is 13.2 Å². The molecule has 0 aliphatic carbocycles. The second-order valence-corrected chi connectivity index (χ2v) is 4.73. The molecule has 0 spiro atoms. The summed E-state index contributed by atoms with van der Waals surface area (Å²) in [7, 11) is 0. The van der Waals surface area contributed by atoms with Crippen LogP contribution in [0.15, 0.2) is 0 Å². The summed E-state index contributed by atoms with van der Waals surface area (Å²) in [6, 6.07) is -2.22. The van der Waals surface area contributed by atoms with Gasteiger partial charge in [-0.15, -0.1) is 0 Å². The molecule has 0 aromatic carbocycles. The van der Waals surface area contributed by atoms with Crippen LogP contribution in [-0.2, 0) is 9.53 Å². The molecule has 6 heteroatoms. The number of nitrogens with two attached hydrogens (primary N) is 1. The molecule has 16 heavy (non-hydrogen) atoms. The van der Waals surface area contributed by atoms with Crippen molar-refractivity contribution in [1.82, 2.24) is 0 Å². The summed E-state index contributed by atoms with van der Waals surface area (Å²) in [5, 5.41) is 0. The van der Waals surface area contributed by atoms with Gasteiger partial charge in [0.15, 0.2) is 0 Å². The lowest BCUT2D eigenvalue weighted by atomic mass is 9.84. The van der Waals surface area contributed by atoms with Gasteiger partial charge in [0.25, 0.3) is 0 Å². The highest BCUT2D eigenvalue weighted by Gasteiger charge is 2.51. The average Bonchev–Trinajstić information content (AvgIpc) is 2.11. The lowest BCUT2D eigenvalue weighted by Crippen LogP contribution is -2.53. The summed E-state index contributed by atoms with van der Waals surface area (Å²) in [4.78, 5) is 11.5. The minimum Gasteiger partial charge on any atom is -0.465 e. The number of rotatable bonds is 4. The van der Waals surface area contributed by atoms with Crippen molar-refractivity contribution in [1.29, 1.82) is 0 Å². The van der Waals surface area contributed by atoms with Crippen molar-refractivity contribution in [2.75, 3.05) is 6.61 Å². The van der Waals surface area contributed by atoms with E-state index in [2.05, 4.69) is 0 Å². The molecule has 0 fully saturated rings. The van der Waals surface area contributed by atoms with E-state index in [1.54, 1.807) is 13.8 Å². The minimum absolute atomic E-state index is 0.0712. The van der Waals surface area contributed by atoms with E-state index in [1.165, 1.54) is 0 Å². The van der Waals surface area contributed by atoms with Crippen LogP contribution >= 0.6 is 0 Å². The smallest absolute Gasteiger partial charge is 0.404 e. The molecule has 0 aromatic rings. The molecule has 0 heterocycles. The van der Waals surface area contributed by atoms with Gasteiger partial charge < -0.3 is 10.5 Å². The molecule has 0 aromatic heterocycles. The van der Waals surface area contributed by atoms with E-state index < -0.39 is 23.6 Å². The third kappa shape index (κ3) is 4.00. The zero-order chi connectivity index (χ0) is 13.1. The lowest BCUT2D eigenvalue weighted by Gasteiger charge is -2.30. The number of halogens is 3. The Morgan fingerprint density at radius 1 is 1.31 bits per heavy atom. The van der Waals surface area contributed by atoms with Gasteiger partial charge in [-0.25, -0.2) is 0 Å². The van der Waals surface area contributed by atoms with Crippen molar-refractivity contribution < 1.29 is 22.7 Å². The predicted octanol–water partition coefficient (Wildman–Crippen LogP) is 2.10. The molecule has 0 saturated carbocycles. The fourth-order valence-corrected chi connectivity index (χ4v) is 0.964. The minimum atomic E-state index is -4.61. The van der Waals surface area contributed by atoms with Crippen molar-refractivity contribution in [3.63, 3.8) is 0 Å². The summed E-state index contributed by atoms with van der Waals surface area (Å²) in [6.07, 6.45) is -4.61. The average molecular weight is 241 g/mol. The monoisotopic (exact) mass is 241 g/mol. The summed E-state index contributed by atoms with van der Waals surface area (Å²) in [5.41, 5.74) is 3.24. The first-order valence-electron chi connectivity index (χ1n) is 4.99. The molecule has 0 unspecified atom stereocenters. The van der Waals surface area contributed by atoms with Gasteiger partial charge in [0.05, 0.1) is 12.0 Å². The first-order chi connectivity index (χ1) is 6.99. The standard InChI is InChI=1S/C10H18F3NO2/c1-6(2)5-16-8(15)9(3,4)7(14)10(11,12)13/h6-7H,5,14H2,1-4H3/t7-/m0/s1. The second-order valence-electron chi connectivity index (χ2n) is 4.73.